The third-order valence-corrected chi connectivity index (χ3v) is 3.98. The van der Waals surface area contributed by atoms with E-state index in [-0.39, 0.29) is 19.0 Å². The fourth-order valence-electron chi connectivity index (χ4n) is 2.65. The lowest BCUT2D eigenvalue weighted by molar-refractivity contribution is -0.140. The largest absolute Gasteiger partial charge is 0.469 e. The molecule has 0 bridgehead atoms. The zero-order valence-electron chi connectivity index (χ0n) is 15.1. The number of benzene rings is 1. The number of esters is 2. The van der Waals surface area contributed by atoms with Gasteiger partial charge >= 0.3 is 11.9 Å². The summed E-state index contributed by atoms with van der Waals surface area (Å²) in [6.07, 6.45) is 0.677. The van der Waals surface area contributed by atoms with Crippen LogP contribution in [-0.4, -0.2) is 43.1 Å². The number of aryl methyl sites for hydroxylation is 2. The third kappa shape index (κ3) is 4.78. The van der Waals surface area contributed by atoms with E-state index in [1.807, 2.05) is 31.2 Å². The molecule has 26 heavy (non-hydrogen) atoms. The van der Waals surface area contributed by atoms with E-state index in [9.17, 15) is 14.4 Å². The Kier molecular flexibility index (Phi) is 6.66. The number of pyridine rings is 1. The van der Waals surface area contributed by atoms with Crippen LogP contribution < -0.4 is 5.32 Å². The van der Waals surface area contributed by atoms with E-state index in [0.717, 1.165) is 16.5 Å². The summed E-state index contributed by atoms with van der Waals surface area (Å²) in [5.41, 5.74) is 2.52. The van der Waals surface area contributed by atoms with Crippen molar-refractivity contribution in [3.8, 4) is 0 Å². The molecule has 0 atom stereocenters. The van der Waals surface area contributed by atoms with E-state index in [0.29, 0.717) is 24.2 Å². The van der Waals surface area contributed by atoms with Crippen molar-refractivity contribution >= 4 is 28.7 Å². The normalized spacial score (nSPS) is 10.4. The second-order valence-corrected chi connectivity index (χ2v) is 5.82. The molecule has 1 amide bonds. The molecule has 0 fully saturated rings. The van der Waals surface area contributed by atoms with E-state index in [1.165, 1.54) is 7.11 Å². The molecular formula is C19H22N2O5. The molecule has 0 spiro atoms. The molecular weight excluding hydrogens is 336 g/mol. The minimum atomic E-state index is -0.581. The van der Waals surface area contributed by atoms with Crippen molar-refractivity contribution in [2.75, 3.05) is 20.3 Å². The smallest absolute Gasteiger partial charge is 0.340 e. The molecule has 138 valence electrons. The third-order valence-electron chi connectivity index (χ3n) is 3.98. The number of nitrogens with one attached hydrogen (secondary N) is 1. The quantitative estimate of drug-likeness (QED) is 0.601. The number of hydrogen-bond donors (Lipinski definition) is 1. The van der Waals surface area contributed by atoms with Crippen molar-refractivity contribution in [1.29, 1.82) is 0 Å². The van der Waals surface area contributed by atoms with Gasteiger partial charge < -0.3 is 14.8 Å². The number of hydrogen-bond acceptors (Lipinski definition) is 6. The molecule has 0 radical (unpaired) electrons. The lowest BCUT2D eigenvalue weighted by Gasteiger charge is -2.12. The zero-order valence-corrected chi connectivity index (χ0v) is 15.1. The molecule has 0 aliphatic rings. The average Bonchev–Trinajstić information content (AvgIpc) is 2.63. The molecule has 1 aromatic carbocycles. The highest BCUT2D eigenvalue weighted by Gasteiger charge is 2.18. The fourth-order valence-corrected chi connectivity index (χ4v) is 2.65. The first-order chi connectivity index (χ1) is 12.4. The van der Waals surface area contributed by atoms with Crippen LogP contribution in [-0.2, 0) is 19.1 Å². The summed E-state index contributed by atoms with van der Waals surface area (Å²) < 4.78 is 9.63. The SMILES string of the molecule is COC(=O)CCCNC(=O)COC(=O)c1c(C)nc2ccccc2c1C. The monoisotopic (exact) mass is 358 g/mol. The van der Waals surface area contributed by atoms with Gasteiger partial charge in [-0.15, -0.1) is 0 Å². The second kappa shape index (κ2) is 8.94. The molecule has 0 aliphatic heterocycles. The van der Waals surface area contributed by atoms with Crippen molar-refractivity contribution in [3.63, 3.8) is 0 Å². The zero-order chi connectivity index (χ0) is 19.1. The van der Waals surface area contributed by atoms with Crippen LogP contribution in [0.5, 0.6) is 0 Å². The highest BCUT2D eigenvalue weighted by molar-refractivity contribution is 5.99. The molecule has 0 saturated carbocycles. The van der Waals surface area contributed by atoms with Crippen molar-refractivity contribution in [2.24, 2.45) is 0 Å². The van der Waals surface area contributed by atoms with Crippen LogP contribution in [0.1, 0.15) is 34.5 Å². The van der Waals surface area contributed by atoms with E-state index in [4.69, 9.17) is 4.74 Å². The van der Waals surface area contributed by atoms with E-state index >= 15 is 0 Å². The second-order valence-electron chi connectivity index (χ2n) is 5.82. The number of carbonyl (C=O) groups excluding carboxylic acids is 3. The van der Waals surface area contributed by atoms with Gasteiger partial charge in [0.2, 0.25) is 0 Å². The Balaban J connectivity index is 1.93. The molecule has 0 unspecified atom stereocenters. The predicted molar refractivity (Wildman–Crippen MR) is 95.8 cm³/mol. The molecule has 7 nitrogen and oxygen atoms in total. The number of nitrogens with zero attached hydrogens (tertiary/aromatic N) is 1. The Morgan fingerprint density at radius 3 is 2.62 bits per heavy atom. The van der Waals surface area contributed by atoms with Crippen LogP contribution >= 0.6 is 0 Å². The van der Waals surface area contributed by atoms with Gasteiger partial charge in [-0.25, -0.2) is 4.79 Å². The predicted octanol–water partition coefficient (Wildman–Crippen LogP) is 2.08. The van der Waals surface area contributed by atoms with Crippen molar-refractivity contribution in [2.45, 2.75) is 26.7 Å². The van der Waals surface area contributed by atoms with Gasteiger partial charge in [-0.1, -0.05) is 18.2 Å². The molecule has 0 aliphatic carbocycles. The Morgan fingerprint density at radius 1 is 1.15 bits per heavy atom. The van der Waals surface area contributed by atoms with Crippen LogP contribution in [0.2, 0.25) is 0 Å². The van der Waals surface area contributed by atoms with Gasteiger partial charge in [0, 0.05) is 18.4 Å². The van der Waals surface area contributed by atoms with E-state index in [2.05, 4.69) is 15.0 Å². The van der Waals surface area contributed by atoms with Crippen LogP contribution in [0.15, 0.2) is 24.3 Å². The van der Waals surface area contributed by atoms with E-state index < -0.39 is 11.9 Å². The summed E-state index contributed by atoms with van der Waals surface area (Å²) in [6.45, 7) is 3.49. The lowest BCUT2D eigenvalue weighted by atomic mass is 10.0. The number of carbonyl (C=O) groups is 3. The summed E-state index contributed by atoms with van der Waals surface area (Å²) in [4.78, 5) is 39.5. The van der Waals surface area contributed by atoms with Gasteiger partial charge in [0.25, 0.3) is 5.91 Å². The van der Waals surface area contributed by atoms with Crippen molar-refractivity contribution < 1.29 is 23.9 Å². The van der Waals surface area contributed by atoms with Gasteiger partial charge in [-0.05, 0) is 31.9 Å². The number of aromatic nitrogens is 1. The number of ether oxygens (including phenoxy) is 2. The van der Waals surface area contributed by atoms with Crippen LogP contribution in [0.4, 0.5) is 0 Å². The average molecular weight is 358 g/mol. The van der Waals surface area contributed by atoms with E-state index in [1.54, 1.807) is 6.92 Å². The summed E-state index contributed by atoms with van der Waals surface area (Å²) in [5, 5.41) is 3.46. The van der Waals surface area contributed by atoms with Crippen LogP contribution in [0.3, 0.4) is 0 Å². The van der Waals surface area contributed by atoms with Gasteiger partial charge in [0.05, 0.1) is 23.9 Å². The first-order valence-electron chi connectivity index (χ1n) is 8.30. The minimum Gasteiger partial charge on any atom is -0.469 e. The topological polar surface area (TPSA) is 94.6 Å². The number of fused-ring (bicyclic) bond motifs is 1. The maximum atomic E-state index is 12.4. The Hall–Kier alpha value is -2.96. The number of para-hydroxylation sites is 1. The Bertz CT molecular complexity index is 832. The standard InChI is InChI=1S/C19H22N2O5/c1-12-14-7-4-5-8-15(14)21-13(2)18(12)19(24)26-11-16(22)20-10-6-9-17(23)25-3/h4-5,7-8H,6,9-11H2,1-3H3,(H,20,22). The van der Waals surface area contributed by atoms with Gasteiger partial charge in [-0.3, -0.25) is 14.6 Å². The Labute approximate surface area is 151 Å². The minimum absolute atomic E-state index is 0.220. The molecule has 1 aromatic heterocycles. The first kappa shape index (κ1) is 19.4. The highest BCUT2D eigenvalue weighted by atomic mass is 16.5. The molecule has 1 heterocycles. The van der Waals surface area contributed by atoms with Crippen molar-refractivity contribution in [3.05, 3.63) is 41.1 Å². The first-order valence-corrected chi connectivity index (χ1v) is 8.30. The van der Waals surface area contributed by atoms with Gasteiger partial charge in [0.1, 0.15) is 0 Å². The number of methoxy groups -OCH3 is 1. The molecule has 2 aromatic rings. The molecule has 0 saturated heterocycles. The summed E-state index contributed by atoms with van der Waals surface area (Å²) >= 11 is 0. The summed E-state index contributed by atoms with van der Waals surface area (Å²) in [6, 6.07) is 7.54. The Morgan fingerprint density at radius 2 is 1.88 bits per heavy atom. The lowest BCUT2D eigenvalue weighted by Crippen LogP contribution is -2.30. The molecule has 1 N–H and O–H groups in total. The summed E-state index contributed by atoms with van der Waals surface area (Å²) in [5.74, 6) is -1.34. The fraction of sp³-hybridized carbons (Fsp3) is 0.368. The van der Waals surface area contributed by atoms with Gasteiger partial charge in [-0.2, -0.15) is 0 Å². The van der Waals surface area contributed by atoms with Crippen LogP contribution in [0.25, 0.3) is 10.9 Å². The maximum absolute atomic E-state index is 12.4. The summed E-state index contributed by atoms with van der Waals surface area (Å²) in [7, 11) is 1.31. The van der Waals surface area contributed by atoms with Crippen LogP contribution in [0, 0.1) is 13.8 Å². The number of rotatable bonds is 7. The number of amides is 1. The molecule has 7 heteroatoms. The van der Waals surface area contributed by atoms with Crippen molar-refractivity contribution in [1.82, 2.24) is 10.3 Å². The van der Waals surface area contributed by atoms with Gasteiger partial charge in [0.15, 0.2) is 6.61 Å². The molecule has 2 rings (SSSR count). The highest BCUT2D eigenvalue weighted by Crippen LogP contribution is 2.23. The maximum Gasteiger partial charge on any atom is 0.340 e.